The van der Waals surface area contributed by atoms with E-state index >= 15 is 0 Å². The molecule has 2 amide bonds. The van der Waals surface area contributed by atoms with Gasteiger partial charge in [-0.3, -0.25) is 0 Å². The Kier molecular flexibility index (Phi) is 4.60. The van der Waals surface area contributed by atoms with Gasteiger partial charge in [-0.25, -0.2) is 4.79 Å². The maximum Gasteiger partial charge on any atom is 0.321 e. The van der Waals surface area contributed by atoms with E-state index in [2.05, 4.69) is 0 Å². The van der Waals surface area contributed by atoms with Gasteiger partial charge in [-0.2, -0.15) is 0 Å². The van der Waals surface area contributed by atoms with E-state index in [1.165, 1.54) is 0 Å². The zero-order valence-corrected chi connectivity index (χ0v) is 16.5. The highest BCUT2D eigenvalue weighted by Crippen LogP contribution is 2.51. The molecule has 5 rings (SSSR count). The molecule has 3 heterocycles. The zero-order valence-electron chi connectivity index (χ0n) is 16.5. The number of hydrogen-bond acceptors (Lipinski definition) is 3. The summed E-state index contributed by atoms with van der Waals surface area (Å²) in [7, 11) is 0. The van der Waals surface area contributed by atoms with Crippen LogP contribution in [0.2, 0.25) is 0 Å². The number of carbonyl (C=O) groups excluding carboxylic acids is 1. The summed E-state index contributed by atoms with van der Waals surface area (Å²) in [5.41, 5.74) is 1.48. The molecule has 3 atom stereocenters. The fourth-order valence-corrected chi connectivity index (χ4v) is 5.79. The number of amides is 2. The summed E-state index contributed by atoms with van der Waals surface area (Å²) in [6.07, 6.45) is 2.00. The highest BCUT2D eigenvalue weighted by atomic mass is 16.3. The van der Waals surface area contributed by atoms with E-state index in [1.807, 2.05) is 70.5 Å². The van der Waals surface area contributed by atoms with Crippen molar-refractivity contribution in [2.75, 3.05) is 0 Å². The third-order valence-corrected chi connectivity index (χ3v) is 7.27. The molecular weight excluding hydrogens is 364 g/mol. The van der Waals surface area contributed by atoms with Crippen LogP contribution in [0, 0.1) is 0 Å². The molecule has 0 saturated carbocycles. The molecule has 0 aliphatic carbocycles. The minimum absolute atomic E-state index is 0.0367. The molecule has 29 heavy (non-hydrogen) atoms. The van der Waals surface area contributed by atoms with E-state index in [0.717, 1.165) is 36.8 Å². The standard InChI is InChI=1S/C24H28N2O3/c27-21-20(15-17-7-3-1-4-8-17)25(16-18-9-5-2-6-10-18)23(29)26-19-11-13-24(26,14-12-19)22(21)28/h1-10,19-22,27-28H,11-16H2/t19?,20-,21-,22+,24?/m1/s1. The summed E-state index contributed by atoms with van der Waals surface area (Å²) in [6.45, 7) is 0.431. The third kappa shape index (κ3) is 2.95. The normalized spacial score (nSPS) is 33.7. The lowest BCUT2D eigenvalue weighted by molar-refractivity contribution is -0.0670. The number of benzene rings is 2. The van der Waals surface area contributed by atoms with Crippen molar-refractivity contribution in [2.45, 2.75) is 68.5 Å². The van der Waals surface area contributed by atoms with Crippen LogP contribution in [0.15, 0.2) is 60.7 Å². The maximum atomic E-state index is 13.8. The van der Waals surface area contributed by atoms with Crippen LogP contribution in [-0.4, -0.2) is 55.9 Å². The molecule has 5 nitrogen and oxygen atoms in total. The van der Waals surface area contributed by atoms with Crippen LogP contribution in [0.3, 0.4) is 0 Å². The second-order valence-electron chi connectivity index (χ2n) is 8.79. The van der Waals surface area contributed by atoms with E-state index in [1.54, 1.807) is 0 Å². The first-order valence-corrected chi connectivity index (χ1v) is 10.6. The second-order valence-corrected chi connectivity index (χ2v) is 8.79. The van der Waals surface area contributed by atoms with Gasteiger partial charge in [-0.15, -0.1) is 0 Å². The summed E-state index contributed by atoms with van der Waals surface area (Å²) in [5.74, 6) is 0. The molecule has 0 unspecified atom stereocenters. The fraction of sp³-hybridized carbons (Fsp3) is 0.458. The smallest absolute Gasteiger partial charge is 0.321 e. The van der Waals surface area contributed by atoms with E-state index < -0.39 is 23.8 Å². The van der Waals surface area contributed by atoms with E-state index in [-0.39, 0.29) is 12.1 Å². The van der Waals surface area contributed by atoms with Gasteiger partial charge in [0.05, 0.1) is 11.6 Å². The number of carbonyl (C=O) groups is 1. The minimum atomic E-state index is -0.982. The van der Waals surface area contributed by atoms with Gasteiger partial charge in [0.2, 0.25) is 0 Å². The summed E-state index contributed by atoms with van der Waals surface area (Å²) in [6, 6.07) is 19.5. The molecule has 2 N–H and O–H groups in total. The Morgan fingerprint density at radius 3 is 2.10 bits per heavy atom. The third-order valence-electron chi connectivity index (χ3n) is 7.27. The quantitative estimate of drug-likeness (QED) is 0.841. The molecule has 0 radical (unpaired) electrons. The van der Waals surface area contributed by atoms with Crippen LogP contribution in [-0.2, 0) is 13.0 Å². The van der Waals surface area contributed by atoms with Gasteiger partial charge in [0.1, 0.15) is 12.2 Å². The SMILES string of the molecule is O=C1N(Cc2ccccc2)[C@H](Cc2ccccc2)[C@@H](O)[C@H](O)C23CCC(CC2)N13. The lowest BCUT2D eigenvalue weighted by Gasteiger charge is -2.38. The van der Waals surface area contributed by atoms with Crippen LogP contribution in [0.4, 0.5) is 4.79 Å². The van der Waals surface area contributed by atoms with Crippen LogP contribution in [0.1, 0.15) is 36.8 Å². The summed E-state index contributed by atoms with van der Waals surface area (Å²) in [5, 5.41) is 22.6. The van der Waals surface area contributed by atoms with Crippen molar-refractivity contribution in [2.24, 2.45) is 0 Å². The lowest BCUT2D eigenvalue weighted by atomic mass is 9.79. The summed E-state index contributed by atoms with van der Waals surface area (Å²) < 4.78 is 0. The first kappa shape index (κ1) is 18.6. The van der Waals surface area contributed by atoms with Gasteiger partial charge in [0.25, 0.3) is 0 Å². The Hall–Kier alpha value is -2.37. The van der Waals surface area contributed by atoms with Crippen molar-refractivity contribution in [1.29, 1.82) is 0 Å². The highest BCUT2D eigenvalue weighted by molar-refractivity contribution is 5.78. The van der Waals surface area contributed by atoms with Crippen LogP contribution in [0.25, 0.3) is 0 Å². The van der Waals surface area contributed by atoms with Gasteiger partial charge in [-0.1, -0.05) is 60.7 Å². The van der Waals surface area contributed by atoms with Gasteiger partial charge < -0.3 is 20.0 Å². The zero-order chi connectivity index (χ0) is 20.0. The highest BCUT2D eigenvalue weighted by Gasteiger charge is 2.63. The van der Waals surface area contributed by atoms with Crippen molar-refractivity contribution >= 4 is 6.03 Å². The molecule has 0 spiro atoms. The Balaban J connectivity index is 1.55. The number of aliphatic hydroxyl groups is 2. The Labute approximate surface area is 171 Å². The predicted molar refractivity (Wildman–Crippen MR) is 110 cm³/mol. The summed E-state index contributed by atoms with van der Waals surface area (Å²) >= 11 is 0. The maximum absolute atomic E-state index is 13.8. The molecule has 3 aliphatic heterocycles. The number of nitrogens with zero attached hydrogens (tertiary/aromatic N) is 2. The second kappa shape index (κ2) is 7.15. The van der Waals surface area contributed by atoms with Crippen LogP contribution in [0.5, 0.6) is 0 Å². The fourth-order valence-electron chi connectivity index (χ4n) is 5.79. The van der Waals surface area contributed by atoms with Gasteiger partial charge >= 0.3 is 6.03 Å². The number of aliphatic hydroxyl groups excluding tert-OH is 2. The van der Waals surface area contributed by atoms with Crippen molar-refractivity contribution in [3.63, 3.8) is 0 Å². The molecule has 0 aromatic heterocycles. The Bertz CT molecular complexity index is 864. The van der Waals surface area contributed by atoms with Crippen LogP contribution < -0.4 is 0 Å². The van der Waals surface area contributed by atoms with Crippen molar-refractivity contribution in [3.8, 4) is 0 Å². The molecule has 3 aliphatic rings. The molecular formula is C24H28N2O3. The Morgan fingerprint density at radius 1 is 0.897 bits per heavy atom. The average molecular weight is 392 g/mol. The molecule has 2 aromatic carbocycles. The summed E-state index contributed by atoms with van der Waals surface area (Å²) in [4.78, 5) is 17.5. The monoisotopic (exact) mass is 392 g/mol. The Morgan fingerprint density at radius 2 is 1.48 bits per heavy atom. The minimum Gasteiger partial charge on any atom is -0.388 e. The van der Waals surface area contributed by atoms with E-state index in [4.69, 9.17) is 0 Å². The molecule has 2 aromatic rings. The first-order valence-electron chi connectivity index (χ1n) is 10.6. The van der Waals surface area contributed by atoms with Crippen molar-refractivity contribution in [1.82, 2.24) is 9.80 Å². The lowest BCUT2D eigenvalue weighted by Crippen LogP contribution is -2.55. The molecule has 5 heteroatoms. The van der Waals surface area contributed by atoms with E-state index in [0.29, 0.717) is 13.0 Å². The topological polar surface area (TPSA) is 64.0 Å². The number of urea groups is 1. The van der Waals surface area contributed by atoms with E-state index in [9.17, 15) is 15.0 Å². The molecule has 152 valence electrons. The predicted octanol–water partition coefficient (Wildman–Crippen LogP) is 2.95. The largest absolute Gasteiger partial charge is 0.388 e. The van der Waals surface area contributed by atoms with Crippen LogP contribution >= 0.6 is 0 Å². The molecule has 3 saturated heterocycles. The number of rotatable bonds is 4. The molecule has 3 fully saturated rings. The average Bonchev–Trinajstić information content (AvgIpc) is 3.31. The molecule has 2 bridgehead atoms. The van der Waals surface area contributed by atoms with Crippen molar-refractivity contribution < 1.29 is 15.0 Å². The van der Waals surface area contributed by atoms with Crippen molar-refractivity contribution in [3.05, 3.63) is 71.8 Å². The first-order chi connectivity index (χ1) is 14.1. The van der Waals surface area contributed by atoms with Gasteiger partial charge in [0.15, 0.2) is 0 Å². The van der Waals surface area contributed by atoms with Gasteiger partial charge in [0, 0.05) is 12.6 Å². The number of hydrogen-bond donors (Lipinski definition) is 2. The van der Waals surface area contributed by atoms with Gasteiger partial charge in [-0.05, 0) is 43.2 Å².